The second kappa shape index (κ2) is 6.41. The number of nitrogens with zero attached hydrogens (tertiary/aromatic N) is 1. The minimum Gasteiger partial charge on any atom is -0.306 e. The van der Waals surface area contributed by atoms with Crippen LogP contribution in [0.1, 0.15) is 5.56 Å². The Morgan fingerprint density at radius 3 is 2.36 bits per heavy atom. The number of aromatic nitrogens is 1. The van der Waals surface area contributed by atoms with Gasteiger partial charge in [-0.2, -0.15) is 13.2 Å². The van der Waals surface area contributed by atoms with E-state index in [1.165, 1.54) is 0 Å². The Morgan fingerprint density at radius 2 is 1.77 bits per heavy atom. The molecule has 0 bridgehead atoms. The predicted octanol–water partition coefficient (Wildman–Crippen LogP) is 5.05. The molecular weight excluding hydrogens is 342 g/mol. The summed E-state index contributed by atoms with van der Waals surface area (Å²) in [6.45, 7) is 0. The van der Waals surface area contributed by atoms with Crippen LogP contribution in [0.3, 0.4) is 0 Å². The van der Waals surface area contributed by atoms with Crippen molar-refractivity contribution in [2.45, 2.75) is 6.18 Å². The molecule has 0 aliphatic heterocycles. The monoisotopic (exact) mass is 349 g/mol. The van der Waals surface area contributed by atoms with Gasteiger partial charge in [-0.1, -0.05) is 35.3 Å². The molecule has 4 nitrogen and oxygen atoms in total. The van der Waals surface area contributed by atoms with Crippen molar-refractivity contribution in [1.82, 2.24) is 4.98 Å². The van der Waals surface area contributed by atoms with Gasteiger partial charge in [0.05, 0.1) is 21.3 Å². The smallest absolute Gasteiger partial charge is 0.306 e. The molecule has 9 heteroatoms. The molecule has 2 N–H and O–H groups in total. The summed E-state index contributed by atoms with van der Waals surface area (Å²) >= 11 is 11.5. The van der Waals surface area contributed by atoms with Crippen molar-refractivity contribution >= 4 is 40.7 Å². The summed E-state index contributed by atoms with van der Waals surface area (Å²) in [5.41, 5.74) is -0.667. The number of carbonyl (C=O) groups excluding carboxylic acids is 1. The summed E-state index contributed by atoms with van der Waals surface area (Å²) in [5.74, 6) is -0.195. The maximum atomic E-state index is 12.5. The zero-order valence-corrected chi connectivity index (χ0v) is 12.2. The molecule has 0 aliphatic carbocycles. The van der Waals surface area contributed by atoms with Gasteiger partial charge in [0, 0.05) is 6.20 Å². The third-order valence-electron chi connectivity index (χ3n) is 2.52. The van der Waals surface area contributed by atoms with Crippen molar-refractivity contribution in [3.05, 3.63) is 52.1 Å². The van der Waals surface area contributed by atoms with E-state index in [2.05, 4.69) is 15.6 Å². The van der Waals surface area contributed by atoms with Crippen LogP contribution in [0.4, 0.5) is 29.5 Å². The van der Waals surface area contributed by atoms with Crippen LogP contribution < -0.4 is 10.6 Å². The first-order valence-corrected chi connectivity index (χ1v) is 6.58. The standard InChI is InChI=1S/C13H8Cl2F3N3O/c14-8-3-1-2-4-10(8)20-12(22)21-11-9(15)5-7(6-19-11)13(16,17)18/h1-6H,(H2,19,20,21,22). The average molecular weight is 350 g/mol. The summed E-state index contributed by atoms with van der Waals surface area (Å²) in [7, 11) is 0. The molecular formula is C13H8Cl2F3N3O. The van der Waals surface area contributed by atoms with E-state index < -0.39 is 17.8 Å². The Labute approximate surface area is 133 Å². The molecule has 0 saturated carbocycles. The van der Waals surface area contributed by atoms with Crippen LogP contribution in [0.5, 0.6) is 0 Å². The second-order valence-corrected chi connectivity index (χ2v) is 4.93. The van der Waals surface area contributed by atoms with Crippen LogP contribution in [0, 0.1) is 0 Å². The van der Waals surface area contributed by atoms with Crippen LogP contribution in [0.15, 0.2) is 36.5 Å². The number of halogens is 5. The fourth-order valence-electron chi connectivity index (χ4n) is 1.51. The van der Waals surface area contributed by atoms with Gasteiger partial charge in [-0.15, -0.1) is 0 Å². The van der Waals surface area contributed by atoms with Crippen molar-refractivity contribution in [3.63, 3.8) is 0 Å². The number of hydrogen-bond acceptors (Lipinski definition) is 2. The summed E-state index contributed by atoms with van der Waals surface area (Å²) < 4.78 is 37.4. The van der Waals surface area contributed by atoms with E-state index in [-0.39, 0.29) is 10.8 Å². The summed E-state index contributed by atoms with van der Waals surface area (Å²) in [4.78, 5) is 15.3. The van der Waals surface area contributed by atoms with E-state index in [1.807, 2.05) is 0 Å². The highest BCUT2D eigenvalue weighted by atomic mass is 35.5. The van der Waals surface area contributed by atoms with Crippen LogP contribution in [-0.4, -0.2) is 11.0 Å². The van der Waals surface area contributed by atoms with Crippen molar-refractivity contribution < 1.29 is 18.0 Å². The first-order valence-electron chi connectivity index (χ1n) is 5.82. The number of anilines is 2. The maximum Gasteiger partial charge on any atom is 0.417 e. The predicted molar refractivity (Wildman–Crippen MR) is 78.3 cm³/mol. The van der Waals surface area contributed by atoms with Crippen molar-refractivity contribution in [1.29, 1.82) is 0 Å². The lowest BCUT2D eigenvalue weighted by Crippen LogP contribution is -2.20. The Hall–Kier alpha value is -1.99. The van der Waals surface area contributed by atoms with Crippen LogP contribution in [0.25, 0.3) is 0 Å². The number of alkyl halides is 3. The molecule has 1 heterocycles. The number of pyridine rings is 1. The molecule has 2 amide bonds. The highest BCUT2D eigenvalue weighted by Gasteiger charge is 2.31. The Balaban J connectivity index is 2.11. The van der Waals surface area contributed by atoms with E-state index >= 15 is 0 Å². The number of para-hydroxylation sites is 1. The zero-order valence-electron chi connectivity index (χ0n) is 10.7. The number of rotatable bonds is 2. The topological polar surface area (TPSA) is 54.0 Å². The van der Waals surface area contributed by atoms with Gasteiger partial charge in [-0.3, -0.25) is 5.32 Å². The molecule has 2 rings (SSSR count). The highest BCUT2D eigenvalue weighted by molar-refractivity contribution is 6.34. The second-order valence-electron chi connectivity index (χ2n) is 4.11. The Bertz CT molecular complexity index is 707. The minimum absolute atomic E-state index is 0.195. The summed E-state index contributed by atoms with van der Waals surface area (Å²) in [6.07, 6.45) is -3.98. The first-order chi connectivity index (χ1) is 10.3. The molecule has 116 valence electrons. The van der Waals surface area contributed by atoms with E-state index in [4.69, 9.17) is 23.2 Å². The molecule has 0 unspecified atom stereocenters. The van der Waals surface area contributed by atoms with Gasteiger partial charge in [0.15, 0.2) is 5.82 Å². The molecule has 0 atom stereocenters. The first kappa shape index (κ1) is 16.4. The number of benzene rings is 1. The normalized spacial score (nSPS) is 11.1. The average Bonchev–Trinajstić information content (AvgIpc) is 2.42. The lowest BCUT2D eigenvalue weighted by atomic mass is 10.3. The summed E-state index contributed by atoms with van der Waals surface area (Å²) in [5, 5.41) is 4.65. The minimum atomic E-state index is -4.56. The third-order valence-corrected chi connectivity index (χ3v) is 3.14. The Kier molecular flexibility index (Phi) is 4.77. The van der Waals surface area contributed by atoms with Crippen molar-refractivity contribution in [2.75, 3.05) is 10.6 Å². The van der Waals surface area contributed by atoms with Gasteiger partial charge < -0.3 is 5.32 Å². The number of nitrogens with one attached hydrogen (secondary N) is 2. The molecule has 0 saturated heterocycles. The summed E-state index contributed by atoms with van der Waals surface area (Å²) in [6, 6.07) is 6.41. The number of hydrogen-bond donors (Lipinski definition) is 2. The van der Waals surface area contributed by atoms with E-state index in [1.54, 1.807) is 24.3 Å². The van der Waals surface area contributed by atoms with Gasteiger partial charge >= 0.3 is 12.2 Å². The molecule has 0 radical (unpaired) electrons. The van der Waals surface area contributed by atoms with Gasteiger partial charge in [0.2, 0.25) is 0 Å². The molecule has 1 aromatic carbocycles. The van der Waals surface area contributed by atoms with E-state index in [9.17, 15) is 18.0 Å². The SMILES string of the molecule is O=C(Nc1ccccc1Cl)Nc1ncc(C(F)(F)F)cc1Cl. The van der Waals surface area contributed by atoms with Gasteiger partial charge in [0.25, 0.3) is 0 Å². The van der Waals surface area contributed by atoms with Gasteiger partial charge in [-0.05, 0) is 18.2 Å². The Morgan fingerprint density at radius 1 is 1.09 bits per heavy atom. The lowest BCUT2D eigenvalue weighted by Gasteiger charge is -2.11. The van der Waals surface area contributed by atoms with Gasteiger partial charge in [0.1, 0.15) is 0 Å². The van der Waals surface area contributed by atoms with E-state index in [0.29, 0.717) is 23.0 Å². The molecule has 2 aromatic rings. The number of carbonyl (C=O) groups is 1. The number of amides is 2. The fourth-order valence-corrected chi connectivity index (χ4v) is 1.91. The van der Waals surface area contributed by atoms with Gasteiger partial charge in [-0.25, -0.2) is 9.78 Å². The highest BCUT2D eigenvalue weighted by Crippen LogP contribution is 2.32. The molecule has 22 heavy (non-hydrogen) atoms. The van der Waals surface area contributed by atoms with Crippen LogP contribution in [0.2, 0.25) is 10.0 Å². The maximum absolute atomic E-state index is 12.5. The lowest BCUT2D eigenvalue weighted by molar-refractivity contribution is -0.137. The largest absolute Gasteiger partial charge is 0.417 e. The third kappa shape index (κ3) is 4.02. The number of urea groups is 1. The molecule has 0 spiro atoms. The zero-order chi connectivity index (χ0) is 16.3. The van der Waals surface area contributed by atoms with E-state index in [0.717, 1.165) is 0 Å². The van der Waals surface area contributed by atoms with Crippen LogP contribution in [-0.2, 0) is 6.18 Å². The molecule has 0 fully saturated rings. The van der Waals surface area contributed by atoms with Crippen molar-refractivity contribution in [2.24, 2.45) is 0 Å². The van der Waals surface area contributed by atoms with Crippen molar-refractivity contribution in [3.8, 4) is 0 Å². The fraction of sp³-hybridized carbons (Fsp3) is 0.0769. The van der Waals surface area contributed by atoms with Crippen LogP contribution >= 0.6 is 23.2 Å². The quantitative estimate of drug-likeness (QED) is 0.796. The molecule has 0 aliphatic rings. The molecule has 1 aromatic heterocycles.